The number of nitrogens with one attached hydrogen (secondary N) is 2. The number of carbonyl (C=O) groups is 2. The van der Waals surface area contributed by atoms with Crippen molar-refractivity contribution in [3.05, 3.63) is 0 Å². The van der Waals surface area contributed by atoms with E-state index in [0.29, 0.717) is 25.7 Å². The number of hydrogen-bond donors (Lipinski definition) is 2. The number of hydrogen-bond acceptors (Lipinski definition) is 6. The Morgan fingerprint density at radius 1 is 0.944 bits per heavy atom. The fourth-order valence-corrected chi connectivity index (χ4v) is 2.15. The van der Waals surface area contributed by atoms with E-state index in [-0.39, 0.29) is 0 Å². The molecule has 8 nitrogen and oxygen atoms in total. The highest BCUT2D eigenvalue weighted by Crippen LogP contribution is 2.29. The van der Waals surface area contributed by atoms with Crippen molar-refractivity contribution < 1.29 is 19.3 Å². The summed E-state index contributed by atoms with van der Waals surface area (Å²) in [4.78, 5) is 34.4. The summed E-state index contributed by atoms with van der Waals surface area (Å²) in [7, 11) is 0. The molecular formula is C10H12N4O4. The molecule has 0 saturated carbocycles. The quantitative estimate of drug-likeness (QED) is 0.590. The third-order valence-electron chi connectivity index (χ3n) is 3.18. The van der Waals surface area contributed by atoms with Crippen molar-refractivity contribution in [3.8, 4) is 0 Å². The Kier molecular flexibility index (Phi) is 2.25. The molecule has 3 aliphatic rings. The first-order chi connectivity index (χ1) is 8.67. The van der Waals surface area contributed by atoms with Gasteiger partial charge in [0.05, 0.1) is 0 Å². The van der Waals surface area contributed by atoms with E-state index < -0.39 is 23.3 Å². The maximum absolute atomic E-state index is 12.1. The summed E-state index contributed by atoms with van der Waals surface area (Å²) in [6, 6.07) is 0. The number of nitrogens with zero attached hydrogens (tertiary/aromatic N) is 2. The zero-order valence-electron chi connectivity index (χ0n) is 9.51. The van der Waals surface area contributed by atoms with Gasteiger partial charge < -0.3 is 20.3 Å². The minimum atomic E-state index is -1.42. The third-order valence-corrected chi connectivity index (χ3v) is 3.18. The van der Waals surface area contributed by atoms with E-state index in [0.717, 1.165) is 0 Å². The van der Waals surface area contributed by atoms with Crippen LogP contribution < -0.4 is 10.6 Å². The molecular weight excluding hydrogens is 240 g/mol. The molecule has 0 aromatic heterocycles. The van der Waals surface area contributed by atoms with Crippen LogP contribution in [0.5, 0.6) is 0 Å². The van der Waals surface area contributed by atoms with Crippen LogP contribution in [-0.4, -0.2) is 35.7 Å². The van der Waals surface area contributed by atoms with E-state index in [1.165, 1.54) is 0 Å². The number of oxime groups is 2. The van der Waals surface area contributed by atoms with Crippen molar-refractivity contribution in [2.24, 2.45) is 10.3 Å². The van der Waals surface area contributed by atoms with Gasteiger partial charge in [-0.05, 0) is 12.8 Å². The predicted molar refractivity (Wildman–Crippen MR) is 59.4 cm³/mol. The molecule has 3 aliphatic heterocycles. The standard InChI is InChI=1S/C10H12N4O4/c15-7-9(3-1-5-11-17-9)13-8(16)10(14-7)4-2-6-12-18-10/h5-6H,1-4H2,(H,13,16)(H,14,15)/t9-,10-/m1/s1. The van der Waals surface area contributed by atoms with E-state index in [1.807, 2.05) is 0 Å². The van der Waals surface area contributed by atoms with E-state index in [4.69, 9.17) is 9.68 Å². The van der Waals surface area contributed by atoms with Crippen LogP contribution in [0.1, 0.15) is 25.7 Å². The van der Waals surface area contributed by atoms with E-state index in [1.54, 1.807) is 12.4 Å². The molecule has 0 radical (unpaired) electrons. The minimum absolute atomic E-state index is 0.341. The molecule has 0 aromatic carbocycles. The van der Waals surface area contributed by atoms with Gasteiger partial charge >= 0.3 is 0 Å². The topological polar surface area (TPSA) is 101 Å². The smallest absolute Gasteiger partial charge is 0.291 e. The summed E-state index contributed by atoms with van der Waals surface area (Å²) in [6.07, 6.45) is 4.90. The normalized spacial score (nSPS) is 38.0. The SMILES string of the molecule is O=C1N[C@@]2(CCC=NO2)C(=O)N[C@@]12CCC=NO2. The maximum Gasteiger partial charge on any atom is 0.291 e. The first-order valence-corrected chi connectivity index (χ1v) is 5.72. The molecule has 3 heterocycles. The zero-order chi connectivity index (χ0) is 12.6. The van der Waals surface area contributed by atoms with Gasteiger partial charge in [0, 0.05) is 25.3 Å². The lowest BCUT2D eigenvalue weighted by atomic mass is 9.96. The second kappa shape index (κ2) is 3.69. The first-order valence-electron chi connectivity index (χ1n) is 5.72. The second-order valence-electron chi connectivity index (χ2n) is 4.40. The average molecular weight is 252 g/mol. The number of rotatable bonds is 0. The molecule has 0 bridgehead atoms. The van der Waals surface area contributed by atoms with E-state index >= 15 is 0 Å². The van der Waals surface area contributed by atoms with Crippen LogP contribution in [0, 0.1) is 0 Å². The molecule has 2 spiro atoms. The molecule has 2 amide bonds. The molecule has 3 rings (SSSR count). The van der Waals surface area contributed by atoms with E-state index in [2.05, 4.69) is 20.9 Å². The summed E-state index contributed by atoms with van der Waals surface area (Å²) in [6.45, 7) is 0. The monoisotopic (exact) mass is 252 g/mol. The molecule has 18 heavy (non-hydrogen) atoms. The van der Waals surface area contributed by atoms with Crippen LogP contribution >= 0.6 is 0 Å². The van der Waals surface area contributed by atoms with Crippen molar-refractivity contribution >= 4 is 24.2 Å². The molecule has 0 aromatic rings. The fourth-order valence-electron chi connectivity index (χ4n) is 2.15. The highest BCUT2D eigenvalue weighted by Gasteiger charge is 2.58. The number of carbonyl (C=O) groups excluding carboxylic acids is 2. The highest BCUT2D eigenvalue weighted by atomic mass is 16.7. The zero-order valence-corrected chi connectivity index (χ0v) is 9.51. The minimum Gasteiger partial charge on any atom is -0.357 e. The van der Waals surface area contributed by atoms with Crippen LogP contribution in [0.15, 0.2) is 10.3 Å². The molecule has 8 heteroatoms. The Hall–Kier alpha value is -2.12. The lowest BCUT2D eigenvalue weighted by Crippen LogP contribution is -2.76. The van der Waals surface area contributed by atoms with Gasteiger partial charge in [-0.2, -0.15) is 0 Å². The highest BCUT2D eigenvalue weighted by molar-refractivity contribution is 6.01. The molecule has 2 atom stereocenters. The molecule has 1 saturated heterocycles. The summed E-state index contributed by atoms with van der Waals surface area (Å²) in [5.74, 6) is -0.924. The van der Waals surface area contributed by atoms with Crippen molar-refractivity contribution in [2.75, 3.05) is 0 Å². The van der Waals surface area contributed by atoms with Gasteiger partial charge in [0.2, 0.25) is 0 Å². The largest absolute Gasteiger partial charge is 0.357 e. The average Bonchev–Trinajstić information content (AvgIpc) is 2.39. The van der Waals surface area contributed by atoms with Gasteiger partial charge in [0.25, 0.3) is 23.3 Å². The van der Waals surface area contributed by atoms with Gasteiger partial charge in [-0.3, -0.25) is 9.59 Å². The van der Waals surface area contributed by atoms with Gasteiger partial charge in [0.1, 0.15) is 0 Å². The molecule has 0 unspecified atom stereocenters. The summed E-state index contributed by atoms with van der Waals surface area (Å²) < 4.78 is 0. The van der Waals surface area contributed by atoms with Crippen molar-refractivity contribution in [1.82, 2.24) is 10.6 Å². The molecule has 96 valence electrons. The molecule has 2 N–H and O–H groups in total. The van der Waals surface area contributed by atoms with Crippen LogP contribution in [0.3, 0.4) is 0 Å². The first kappa shape index (κ1) is 11.0. The Balaban J connectivity index is 1.87. The number of amides is 2. The fraction of sp³-hybridized carbons (Fsp3) is 0.600. The van der Waals surface area contributed by atoms with Crippen molar-refractivity contribution in [1.29, 1.82) is 0 Å². The number of piperazine rings is 1. The van der Waals surface area contributed by atoms with Gasteiger partial charge in [-0.1, -0.05) is 10.3 Å². The summed E-state index contributed by atoms with van der Waals surface area (Å²) >= 11 is 0. The Morgan fingerprint density at radius 2 is 1.39 bits per heavy atom. The van der Waals surface area contributed by atoms with Gasteiger partial charge in [-0.25, -0.2) is 0 Å². The summed E-state index contributed by atoms with van der Waals surface area (Å²) in [5.41, 5.74) is -2.83. The van der Waals surface area contributed by atoms with Gasteiger partial charge in [-0.15, -0.1) is 0 Å². The maximum atomic E-state index is 12.1. The van der Waals surface area contributed by atoms with Crippen LogP contribution in [0.25, 0.3) is 0 Å². The lowest BCUT2D eigenvalue weighted by molar-refractivity contribution is -0.195. The Bertz CT molecular complexity index is 421. The summed E-state index contributed by atoms with van der Waals surface area (Å²) in [5, 5.41) is 12.3. The van der Waals surface area contributed by atoms with Crippen LogP contribution in [0.2, 0.25) is 0 Å². The third kappa shape index (κ3) is 1.45. The van der Waals surface area contributed by atoms with E-state index in [9.17, 15) is 9.59 Å². The van der Waals surface area contributed by atoms with Gasteiger partial charge in [0.15, 0.2) is 0 Å². The van der Waals surface area contributed by atoms with Crippen molar-refractivity contribution in [2.45, 2.75) is 37.1 Å². The van der Waals surface area contributed by atoms with Crippen molar-refractivity contribution in [3.63, 3.8) is 0 Å². The predicted octanol–water partition coefficient (Wildman–Crippen LogP) is -0.783. The lowest BCUT2D eigenvalue weighted by Gasteiger charge is -2.43. The second-order valence-corrected chi connectivity index (χ2v) is 4.40. The Labute approximate surface area is 102 Å². The van der Waals surface area contributed by atoms with Crippen LogP contribution in [0.4, 0.5) is 0 Å². The Morgan fingerprint density at radius 3 is 1.72 bits per heavy atom. The molecule has 1 fully saturated rings. The molecule has 0 aliphatic carbocycles. The van der Waals surface area contributed by atoms with Crippen LogP contribution in [-0.2, 0) is 19.3 Å².